The van der Waals surface area contributed by atoms with Crippen molar-refractivity contribution in [3.05, 3.63) is 12.3 Å². The first kappa shape index (κ1) is 10.6. The van der Waals surface area contributed by atoms with Crippen molar-refractivity contribution in [2.24, 2.45) is 23.7 Å². The SMILES string of the molecule is CCNc1nccc(NC2C3C4CCC(C4)C23)n1. The molecule has 3 aliphatic rings. The monoisotopic (exact) mass is 244 g/mol. The molecule has 96 valence electrons. The van der Waals surface area contributed by atoms with Gasteiger partial charge in [0.25, 0.3) is 0 Å². The van der Waals surface area contributed by atoms with Gasteiger partial charge in [-0.05, 0) is 55.9 Å². The minimum Gasteiger partial charge on any atom is -0.367 e. The summed E-state index contributed by atoms with van der Waals surface area (Å²) in [5.74, 6) is 5.62. The van der Waals surface area contributed by atoms with E-state index in [1.54, 1.807) is 0 Å². The van der Waals surface area contributed by atoms with E-state index in [-0.39, 0.29) is 0 Å². The summed E-state index contributed by atoms with van der Waals surface area (Å²) < 4.78 is 0. The number of nitrogens with one attached hydrogen (secondary N) is 2. The van der Waals surface area contributed by atoms with Gasteiger partial charge in [0.05, 0.1) is 0 Å². The maximum atomic E-state index is 4.51. The van der Waals surface area contributed by atoms with Crippen LogP contribution in [0.4, 0.5) is 11.8 Å². The topological polar surface area (TPSA) is 49.8 Å². The van der Waals surface area contributed by atoms with Gasteiger partial charge in [-0.2, -0.15) is 4.98 Å². The van der Waals surface area contributed by atoms with E-state index in [1.807, 2.05) is 12.3 Å². The van der Waals surface area contributed by atoms with Crippen LogP contribution in [0.3, 0.4) is 0 Å². The Morgan fingerprint density at radius 2 is 2.06 bits per heavy atom. The van der Waals surface area contributed by atoms with Crippen LogP contribution in [0.2, 0.25) is 0 Å². The van der Waals surface area contributed by atoms with E-state index >= 15 is 0 Å². The molecule has 3 fully saturated rings. The van der Waals surface area contributed by atoms with E-state index in [9.17, 15) is 0 Å². The van der Waals surface area contributed by atoms with E-state index < -0.39 is 0 Å². The first-order chi connectivity index (χ1) is 8.86. The number of anilines is 2. The molecule has 4 atom stereocenters. The fourth-order valence-corrected chi connectivity index (χ4v) is 4.37. The zero-order valence-corrected chi connectivity index (χ0v) is 10.8. The third-order valence-corrected chi connectivity index (χ3v) is 5.04. The molecule has 0 aromatic carbocycles. The van der Waals surface area contributed by atoms with Crippen LogP contribution >= 0.6 is 0 Å². The minimum atomic E-state index is 0.695. The Morgan fingerprint density at radius 1 is 1.28 bits per heavy atom. The Bertz CT molecular complexity index is 445. The van der Waals surface area contributed by atoms with Crippen molar-refractivity contribution >= 4 is 11.8 Å². The highest BCUT2D eigenvalue weighted by Crippen LogP contribution is 2.66. The van der Waals surface area contributed by atoms with Gasteiger partial charge in [0, 0.05) is 18.8 Å². The third-order valence-electron chi connectivity index (χ3n) is 5.04. The van der Waals surface area contributed by atoms with Crippen LogP contribution in [-0.4, -0.2) is 22.6 Å². The van der Waals surface area contributed by atoms with Crippen LogP contribution in [0, 0.1) is 23.7 Å². The Labute approximate surface area is 108 Å². The quantitative estimate of drug-likeness (QED) is 0.853. The molecule has 4 heteroatoms. The Hall–Kier alpha value is -1.32. The molecule has 2 bridgehead atoms. The van der Waals surface area contributed by atoms with Gasteiger partial charge in [0.15, 0.2) is 0 Å². The van der Waals surface area contributed by atoms with Crippen LogP contribution in [0.25, 0.3) is 0 Å². The van der Waals surface area contributed by atoms with Crippen LogP contribution in [-0.2, 0) is 0 Å². The van der Waals surface area contributed by atoms with Crippen molar-refractivity contribution < 1.29 is 0 Å². The molecule has 1 aromatic heterocycles. The summed E-state index contributed by atoms with van der Waals surface area (Å²) in [5.41, 5.74) is 0. The second-order valence-electron chi connectivity index (χ2n) is 5.95. The van der Waals surface area contributed by atoms with Crippen molar-refractivity contribution in [1.82, 2.24) is 9.97 Å². The summed E-state index contributed by atoms with van der Waals surface area (Å²) in [6.45, 7) is 2.93. The first-order valence-electron chi connectivity index (χ1n) is 7.20. The molecule has 2 N–H and O–H groups in total. The van der Waals surface area contributed by atoms with Gasteiger partial charge >= 0.3 is 0 Å². The molecule has 3 saturated carbocycles. The Morgan fingerprint density at radius 3 is 2.78 bits per heavy atom. The summed E-state index contributed by atoms with van der Waals surface area (Å²) in [7, 11) is 0. The van der Waals surface area contributed by atoms with Gasteiger partial charge in [0.2, 0.25) is 5.95 Å². The average Bonchev–Trinajstić information content (AvgIpc) is 2.79. The van der Waals surface area contributed by atoms with Crippen LogP contribution < -0.4 is 10.6 Å². The van der Waals surface area contributed by atoms with Gasteiger partial charge < -0.3 is 10.6 Å². The van der Waals surface area contributed by atoms with E-state index in [4.69, 9.17) is 0 Å². The zero-order valence-electron chi connectivity index (χ0n) is 10.8. The highest BCUT2D eigenvalue weighted by atomic mass is 15.2. The number of nitrogens with zero attached hydrogens (tertiary/aromatic N) is 2. The smallest absolute Gasteiger partial charge is 0.224 e. The molecular formula is C14H20N4. The summed E-state index contributed by atoms with van der Waals surface area (Å²) in [4.78, 5) is 8.72. The fraction of sp³-hybridized carbons (Fsp3) is 0.714. The van der Waals surface area contributed by atoms with Gasteiger partial charge in [-0.25, -0.2) is 4.98 Å². The molecule has 0 aliphatic heterocycles. The van der Waals surface area contributed by atoms with Crippen molar-refractivity contribution in [3.63, 3.8) is 0 Å². The standard InChI is InChI=1S/C14H20N4/c1-2-15-14-16-6-5-10(18-14)17-13-11-8-3-4-9(7-8)12(11)13/h5-6,8-9,11-13H,2-4,7H2,1H3,(H2,15,16,17,18). The van der Waals surface area contributed by atoms with Gasteiger partial charge in [-0.3, -0.25) is 0 Å². The van der Waals surface area contributed by atoms with Crippen LogP contribution in [0.15, 0.2) is 12.3 Å². The summed E-state index contributed by atoms with van der Waals surface area (Å²) in [5, 5.41) is 6.79. The third kappa shape index (κ3) is 1.51. The van der Waals surface area contributed by atoms with Crippen LogP contribution in [0.1, 0.15) is 26.2 Å². The highest BCUT2D eigenvalue weighted by molar-refractivity contribution is 5.43. The Kier molecular flexibility index (Phi) is 2.26. The van der Waals surface area contributed by atoms with E-state index in [0.717, 1.165) is 42.0 Å². The second-order valence-corrected chi connectivity index (χ2v) is 5.95. The molecule has 3 aliphatic carbocycles. The number of rotatable bonds is 4. The number of hydrogen-bond donors (Lipinski definition) is 2. The van der Waals surface area contributed by atoms with Gasteiger partial charge in [0.1, 0.15) is 5.82 Å². The summed E-state index contributed by atoms with van der Waals surface area (Å²) >= 11 is 0. The largest absolute Gasteiger partial charge is 0.367 e. The van der Waals surface area contributed by atoms with Gasteiger partial charge in [-0.15, -0.1) is 0 Å². The lowest BCUT2D eigenvalue weighted by molar-refractivity contribution is 0.456. The molecule has 1 aromatic rings. The van der Waals surface area contributed by atoms with Crippen LogP contribution in [0.5, 0.6) is 0 Å². The average molecular weight is 244 g/mol. The Balaban J connectivity index is 1.45. The van der Waals surface area contributed by atoms with Crippen molar-refractivity contribution in [2.75, 3.05) is 17.2 Å². The second kappa shape index (κ2) is 3.84. The minimum absolute atomic E-state index is 0.695. The number of aromatic nitrogens is 2. The molecule has 0 saturated heterocycles. The highest BCUT2D eigenvalue weighted by Gasteiger charge is 2.65. The molecule has 0 amide bonds. The van der Waals surface area contributed by atoms with Gasteiger partial charge in [-0.1, -0.05) is 0 Å². The van der Waals surface area contributed by atoms with Crippen molar-refractivity contribution in [3.8, 4) is 0 Å². The van der Waals surface area contributed by atoms with E-state index in [0.29, 0.717) is 6.04 Å². The lowest BCUT2D eigenvalue weighted by Crippen LogP contribution is -2.14. The molecule has 1 heterocycles. The molecule has 0 radical (unpaired) electrons. The molecular weight excluding hydrogens is 224 g/mol. The van der Waals surface area contributed by atoms with E-state index in [2.05, 4.69) is 27.5 Å². The summed E-state index contributed by atoms with van der Waals surface area (Å²) in [6.07, 6.45) is 6.27. The molecule has 4 nitrogen and oxygen atoms in total. The predicted molar refractivity (Wildman–Crippen MR) is 71.4 cm³/mol. The molecule has 18 heavy (non-hydrogen) atoms. The maximum absolute atomic E-state index is 4.51. The maximum Gasteiger partial charge on any atom is 0.224 e. The lowest BCUT2D eigenvalue weighted by atomic mass is 10.0. The summed E-state index contributed by atoms with van der Waals surface area (Å²) in [6, 6.07) is 2.68. The molecule has 0 spiro atoms. The first-order valence-corrected chi connectivity index (χ1v) is 7.20. The van der Waals surface area contributed by atoms with Crippen molar-refractivity contribution in [2.45, 2.75) is 32.2 Å². The molecule has 4 unspecified atom stereocenters. The number of hydrogen-bond acceptors (Lipinski definition) is 4. The number of fused-ring (bicyclic) bond motifs is 5. The normalized spacial score (nSPS) is 39.5. The predicted octanol–water partition coefficient (Wildman–Crippen LogP) is 2.36. The fourth-order valence-electron chi connectivity index (χ4n) is 4.37. The lowest BCUT2D eigenvalue weighted by Gasteiger charge is -2.11. The molecule has 4 rings (SSSR count). The van der Waals surface area contributed by atoms with Crippen molar-refractivity contribution in [1.29, 1.82) is 0 Å². The van der Waals surface area contributed by atoms with E-state index in [1.165, 1.54) is 19.3 Å². The zero-order chi connectivity index (χ0) is 12.1.